The molecule has 3 rings (SSSR count). The maximum atomic E-state index is 5.12. The van der Waals surface area contributed by atoms with Gasteiger partial charge in [0.15, 0.2) is 5.82 Å². The quantitative estimate of drug-likeness (QED) is 0.863. The third-order valence-electron chi connectivity index (χ3n) is 2.93. The van der Waals surface area contributed by atoms with Gasteiger partial charge < -0.3 is 9.84 Å². The van der Waals surface area contributed by atoms with E-state index in [1.165, 1.54) is 19.3 Å². The summed E-state index contributed by atoms with van der Waals surface area (Å²) in [7, 11) is 0. The smallest absolute Gasteiger partial charge is 0.321 e. The molecule has 88 valence electrons. The molecule has 1 N–H and O–H groups in total. The van der Waals surface area contributed by atoms with Crippen molar-refractivity contribution in [3.63, 3.8) is 0 Å². The molecule has 0 saturated heterocycles. The van der Waals surface area contributed by atoms with E-state index < -0.39 is 0 Å². The lowest BCUT2D eigenvalue weighted by atomic mass is 9.85. The van der Waals surface area contributed by atoms with Crippen molar-refractivity contribution in [1.29, 1.82) is 0 Å². The number of hydrogen-bond donors (Lipinski definition) is 1. The molecule has 1 saturated carbocycles. The minimum Gasteiger partial charge on any atom is -0.330 e. The van der Waals surface area contributed by atoms with Crippen LogP contribution in [0.15, 0.2) is 23.0 Å². The molecule has 0 aromatic carbocycles. The topological polar surface area (TPSA) is 76.7 Å². The molecule has 6 nitrogen and oxygen atoms in total. The maximum absolute atomic E-state index is 5.12. The number of nitrogens with one attached hydrogen (secondary N) is 1. The fourth-order valence-corrected chi connectivity index (χ4v) is 1.71. The maximum Gasteiger partial charge on any atom is 0.321 e. The number of aromatic nitrogens is 4. The second-order valence-corrected chi connectivity index (χ2v) is 4.10. The van der Waals surface area contributed by atoms with Crippen molar-refractivity contribution in [2.45, 2.75) is 31.7 Å². The van der Waals surface area contributed by atoms with Crippen LogP contribution in [0.25, 0.3) is 0 Å². The van der Waals surface area contributed by atoms with Crippen LogP contribution in [-0.4, -0.2) is 20.1 Å². The largest absolute Gasteiger partial charge is 0.330 e. The number of anilines is 1. The first-order chi connectivity index (χ1) is 8.42. The van der Waals surface area contributed by atoms with Crippen LogP contribution >= 0.6 is 0 Å². The van der Waals surface area contributed by atoms with E-state index in [1.807, 2.05) is 0 Å². The third kappa shape index (κ3) is 2.25. The van der Waals surface area contributed by atoms with Crippen molar-refractivity contribution < 1.29 is 4.52 Å². The van der Waals surface area contributed by atoms with Crippen molar-refractivity contribution in [1.82, 2.24) is 20.1 Å². The average molecular weight is 231 g/mol. The van der Waals surface area contributed by atoms with Crippen molar-refractivity contribution in [2.75, 3.05) is 5.32 Å². The summed E-state index contributed by atoms with van der Waals surface area (Å²) in [5.74, 6) is 2.01. The van der Waals surface area contributed by atoms with Gasteiger partial charge in [0.2, 0.25) is 0 Å². The number of nitrogens with zero attached hydrogens (tertiary/aromatic N) is 4. The molecule has 17 heavy (non-hydrogen) atoms. The molecule has 0 aliphatic heterocycles. The van der Waals surface area contributed by atoms with Crippen molar-refractivity contribution in [2.24, 2.45) is 0 Å². The van der Waals surface area contributed by atoms with Crippen LogP contribution in [0.3, 0.4) is 0 Å². The van der Waals surface area contributed by atoms with Crippen molar-refractivity contribution >= 4 is 6.01 Å². The molecule has 6 heteroatoms. The summed E-state index contributed by atoms with van der Waals surface area (Å²) in [6.07, 6.45) is 7.01. The Labute approximate surface area is 98.5 Å². The van der Waals surface area contributed by atoms with Gasteiger partial charge in [0.25, 0.3) is 0 Å². The molecular weight excluding hydrogens is 218 g/mol. The number of rotatable bonds is 4. The SMILES string of the molecule is c1cnc(CNc2nc(C3CCC3)no2)nc1. The molecule has 2 heterocycles. The Kier molecular flexibility index (Phi) is 2.69. The molecule has 0 atom stereocenters. The Morgan fingerprint density at radius 2 is 2.12 bits per heavy atom. The summed E-state index contributed by atoms with van der Waals surface area (Å²) < 4.78 is 5.12. The molecule has 2 aromatic heterocycles. The first-order valence-corrected chi connectivity index (χ1v) is 5.75. The van der Waals surface area contributed by atoms with Gasteiger partial charge >= 0.3 is 6.01 Å². The average Bonchev–Trinajstić information content (AvgIpc) is 2.74. The second-order valence-electron chi connectivity index (χ2n) is 4.10. The molecule has 0 amide bonds. The van der Waals surface area contributed by atoms with E-state index in [0.717, 1.165) is 5.82 Å². The zero-order valence-corrected chi connectivity index (χ0v) is 9.33. The van der Waals surface area contributed by atoms with Gasteiger partial charge in [-0.2, -0.15) is 4.98 Å². The normalized spacial score (nSPS) is 15.5. The Morgan fingerprint density at radius 3 is 2.82 bits per heavy atom. The zero-order valence-electron chi connectivity index (χ0n) is 9.33. The van der Waals surface area contributed by atoms with E-state index in [9.17, 15) is 0 Å². The van der Waals surface area contributed by atoms with Crippen LogP contribution in [0.4, 0.5) is 6.01 Å². The molecule has 2 aromatic rings. The first kappa shape index (κ1) is 10.2. The predicted molar refractivity (Wildman–Crippen MR) is 60.2 cm³/mol. The monoisotopic (exact) mass is 231 g/mol. The van der Waals surface area contributed by atoms with Gasteiger partial charge in [0.1, 0.15) is 5.82 Å². The predicted octanol–water partition coefficient (Wildman–Crippen LogP) is 1.74. The molecular formula is C11H13N5O. The Hall–Kier alpha value is -1.98. The lowest BCUT2D eigenvalue weighted by molar-refractivity contribution is 0.366. The van der Waals surface area contributed by atoms with Crippen molar-refractivity contribution in [3.05, 3.63) is 30.1 Å². The van der Waals surface area contributed by atoms with Gasteiger partial charge in [-0.3, -0.25) is 0 Å². The van der Waals surface area contributed by atoms with Gasteiger partial charge in [0.05, 0.1) is 6.54 Å². The molecule has 1 aliphatic carbocycles. The van der Waals surface area contributed by atoms with Crippen LogP contribution in [0.5, 0.6) is 0 Å². The fourth-order valence-electron chi connectivity index (χ4n) is 1.71. The lowest BCUT2D eigenvalue weighted by Gasteiger charge is -2.20. The highest BCUT2D eigenvalue weighted by Gasteiger charge is 2.24. The Balaban J connectivity index is 1.60. The van der Waals surface area contributed by atoms with Gasteiger partial charge in [0, 0.05) is 18.3 Å². The molecule has 0 spiro atoms. The van der Waals surface area contributed by atoms with E-state index >= 15 is 0 Å². The van der Waals surface area contributed by atoms with Crippen LogP contribution < -0.4 is 5.32 Å². The van der Waals surface area contributed by atoms with Crippen LogP contribution in [0.1, 0.15) is 36.8 Å². The molecule has 0 bridgehead atoms. The summed E-state index contributed by atoms with van der Waals surface area (Å²) in [4.78, 5) is 12.5. The lowest BCUT2D eigenvalue weighted by Crippen LogP contribution is -2.10. The fraction of sp³-hybridized carbons (Fsp3) is 0.455. The van der Waals surface area contributed by atoms with Crippen LogP contribution in [0.2, 0.25) is 0 Å². The molecule has 0 radical (unpaired) electrons. The van der Waals surface area contributed by atoms with Crippen LogP contribution in [-0.2, 0) is 6.54 Å². The summed E-state index contributed by atoms with van der Waals surface area (Å²) >= 11 is 0. The van der Waals surface area contributed by atoms with E-state index in [4.69, 9.17) is 4.52 Å². The highest BCUT2D eigenvalue weighted by atomic mass is 16.5. The van der Waals surface area contributed by atoms with Crippen molar-refractivity contribution in [3.8, 4) is 0 Å². The Bertz CT molecular complexity index is 480. The van der Waals surface area contributed by atoms with Gasteiger partial charge in [-0.15, -0.1) is 0 Å². The summed E-state index contributed by atoms with van der Waals surface area (Å²) in [6, 6.07) is 2.23. The highest BCUT2D eigenvalue weighted by Crippen LogP contribution is 2.34. The highest BCUT2D eigenvalue weighted by molar-refractivity contribution is 5.20. The number of hydrogen-bond acceptors (Lipinski definition) is 6. The molecule has 1 aliphatic rings. The van der Waals surface area contributed by atoms with E-state index in [0.29, 0.717) is 24.3 Å². The molecule has 0 unspecified atom stereocenters. The zero-order chi connectivity index (χ0) is 11.5. The minimum absolute atomic E-state index is 0.444. The summed E-state index contributed by atoms with van der Waals surface area (Å²) in [6.45, 7) is 0.493. The summed E-state index contributed by atoms with van der Waals surface area (Å²) in [5, 5.41) is 6.98. The molecule has 1 fully saturated rings. The van der Waals surface area contributed by atoms with Crippen LogP contribution in [0, 0.1) is 0 Å². The van der Waals surface area contributed by atoms with Gasteiger partial charge in [-0.25, -0.2) is 9.97 Å². The van der Waals surface area contributed by atoms with E-state index in [-0.39, 0.29) is 0 Å². The van der Waals surface area contributed by atoms with E-state index in [1.54, 1.807) is 18.5 Å². The van der Waals surface area contributed by atoms with Gasteiger partial charge in [-0.1, -0.05) is 11.6 Å². The first-order valence-electron chi connectivity index (χ1n) is 5.75. The summed E-state index contributed by atoms with van der Waals surface area (Å²) in [5.41, 5.74) is 0. The van der Waals surface area contributed by atoms with E-state index in [2.05, 4.69) is 25.4 Å². The third-order valence-corrected chi connectivity index (χ3v) is 2.93. The second kappa shape index (κ2) is 4.48. The minimum atomic E-state index is 0.444. The standard InChI is InChI=1S/C11H13N5O/c1-3-8(4-1)10-15-11(17-16-10)14-7-9-12-5-2-6-13-9/h2,5-6,8H,1,3-4,7H2,(H,14,15,16). The Morgan fingerprint density at radius 1 is 1.29 bits per heavy atom. The van der Waals surface area contributed by atoms with Gasteiger partial charge in [-0.05, 0) is 18.9 Å².